The summed E-state index contributed by atoms with van der Waals surface area (Å²) in [6.45, 7) is 7.16. The number of hydrogen-bond donors (Lipinski definition) is 1. The molecule has 0 spiro atoms. The maximum absolute atomic E-state index is 11.4. The molecule has 0 aromatic heterocycles. The monoisotopic (exact) mass is 186 g/mol. The number of carbonyl (C=O) groups excluding carboxylic acids is 1. The summed E-state index contributed by atoms with van der Waals surface area (Å²) in [6, 6.07) is 0. The van der Waals surface area contributed by atoms with E-state index < -0.39 is 0 Å². The van der Waals surface area contributed by atoms with Crippen LogP contribution in [0.1, 0.15) is 20.3 Å². The van der Waals surface area contributed by atoms with Crippen molar-refractivity contribution in [1.82, 2.24) is 10.2 Å². The Morgan fingerprint density at radius 3 is 2.85 bits per heavy atom. The zero-order chi connectivity index (χ0) is 9.68. The fourth-order valence-electron chi connectivity index (χ4n) is 1.30. The average molecular weight is 186 g/mol. The Morgan fingerprint density at radius 2 is 2.15 bits per heavy atom. The molecule has 0 aromatic rings. The highest BCUT2D eigenvalue weighted by Gasteiger charge is 2.16. The van der Waals surface area contributed by atoms with Crippen molar-refractivity contribution in [3.63, 3.8) is 0 Å². The predicted molar refractivity (Wildman–Crippen MR) is 50.7 cm³/mol. The predicted octanol–water partition coefficient (Wildman–Crippen LogP) is 0.827. The van der Waals surface area contributed by atoms with Gasteiger partial charge in [0.1, 0.15) is 0 Å². The standard InChI is InChI=1S/C9H18N2O2/c1-8(2)13-9(12)11-6-3-4-10-5-7-11/h8,10H,3-7H2,1-2H3. The topological polar surface area (TPSA) is 41.6 Å². The molecule has 0 bridgehead atoms. The van der Waals surface area contributed by atoms with Gasteiger partial charge in [0.15, 0.2) is 0 Å². The Morgan fingerprint density at radius 1 is 1.38 bits per heavy atom. The van der Waals surface area contributed by atoms with Gasteiger partial charge in [-0.1, -0.05) is 0 Å². The summed E-state index contributed by atoms with van der Waals surface area (Å²) in [4.78, 5) is 13.2. The second kappa shape index (κ2) is 5.07. The van der Waals surface area contributed by atoms with Gasteiger partial charge in [-0.15, -0.1) is 0 Å². The zero-order valence-electron chi connectivity index (χ0n) is 8.38. The molecule has 4 nitrogen and oxygen atoms in total. The lowest BCUT2D eigenvalue weighted by atomic mass is 10.4. The SMILES string of the molecule is CC(C)OC(=O)N1CCCNCC1. The van der Waals surface area contributed by atoms with Crippen molar-refractivity contribution in [1.29, 1.82) is 0 Å². The van der Waals surface area contributed by atoms with E-state index in [4.69, 9.17) is 4.74 Å². The number of nitrogens with one attached hydrogen (secondary N) is 1. The second-order valence-electron chi connectivity index (χ2n) is 3.52. The normalized spacial score (nSPS) is 18.5. The van der Waals surface area contributed by atoms with Crippen molar-refractivity contribution in [3.8, 4) is 0 Å². The van der Waals surface area contributed by atoms with E-state index in [1.807, 2.05) is 13.8 Å². The number of nitrogens with zero attached hydrogens (tertiary/aromatic N) is 1. The minimum Gasteiger partial charge on any atom is -0.447 e. The van der Waals surface area contributed by atoms with E-state index in [1.165, 1.54) is 0 Å². The van der Waals surface area contributed by atoms with Gasteiger partial charge in [0.25, 0.3) is 0 Å². The first-order valence-corrected chi connectivity index (χ1v) is 4.86. The highest BCUT2D eigenvalue weighted by Crippen LogP contribution is 2.01. The van der Waals surface area contributed by atoms with Gasteiger partial charge in [-0.05, 0) is 26.8 Å². The van der Waals surface area contributed by atoms with Crippen LogP contribution >= 0.6 is 0 Å². The molecule has 0 saturated carbocycles. The zero-order valence-corrected chi connectivity index (χ0v) is 8.38. The summed E-state index contributed by atoms with van der Waals surface area (Å²) in [7, 11) is 0. The maximum Gasteiger partial charge on any atom is 0.410 e. The molecule has 0 radical (unpaired) electrons. The van der Waals surface area contributed by atoms with Crippen LogP contribution in [0.15, 0.2) is 0 Å². The molecular weight excluding hydrogens is 168 g/mol. The van der Waals surface area contributed by atoms with Gasteiger partial charge in [-0.25, -0.2) is 4.79 Å². The Hall–Kier alpha value is -0.770. The molecule has 1 saturated heterocycles. The lowest BCUT2D eigenvalue weighted by molar-refractivity contribution is 0.0787. The van der Waals surface area contributed by atoms with Gasteiger partial charge in [-0.2, -0.15) is 0 Å². The van der Waals surface area contributed by atoms with Crippen molar-refractivity contribution in [3.05, 3.63) is 0 Å². The first kappa shape index (κ1) is 10.3. The highest BCUT2D eigenvalue weighted by molar-refractivity contribution is 5.67. The maximum atomic E-state index is 11.4. The Labute approximate surface area is 79.2 Å². The van der Waals surface area contributed by atoms with Crippen molar-refractivity contribution >= 4 is 6.09 Å². The van der Waals surface area contributed by atoms with E-state index >= 15 is 0 Å². The molecule has 1 rings (SSSR count). The van der Waals surface area contributed by atoms with Crippen molar-refractivity contribution in [2.45, 2.75) is 26.4 Å². The number of rotatable bonds is 1. The fourth-order valence-corrected chi connectivity index (χ4v) is 1.30. The third-order valence-electron chi connectivity index (χ3n) is 1.93. The first-order chi connectivity index (χ1) is 6.20. The molecule has 1 heterocycles. The lowest BCUT2D eigenvalue weighted by Gasteiger charge is -2.20. The summed E-state index contributed by atoms with van der Waals surface area (Å²) in [5.74, 6) is 0. The van der Waals surface area contributed by atoms with Crippen LogP contribution in [0, 0.1) is 0 Å². The molecular formula is C9H18N2O2. The Balaban J connectivity index is 2.35. The van der Waals surface area contributed by atoms with Gasteiger partial charge in [0, 0.05) is 19.6 Å². The van der Waals surface area contributed by atoms with Gasteiger partial charge in [0.05, 0.1) is 6.10 Å². The molecule has 1 N–H and O–H groups in total. The molecule has 0 aliphatic carbocycles. The summed E-state index contributed by atoms with van der Waals surface area (Å²) < 4.78 is 5.10. The summed E-state index contributed by atoms with van der Waals surface area (Å²) in [6.07, 6.45) is 0.801. The van der Waals surface area contributed by atoms with Crippen LogP contribution in [0.2, 0.25) is 0 Å². The van der Waals surface area contributed by atoms with Gasteiger partial charge < -0.3 is 15.0 Å². The summed E-state index contributed by atoms with van der Waals surface area (Å²) in [5, 5.41) is 3.24. The molecule has 1 fully saturated rings. The van der Waals surface area contributed by atoms with Gasteiger partial charge in [0.2, 0.25) is 0 Å². The van der Waals surface area contributed by atoms with Gasteiger partial charge in [-0.3, -0.25) is 0 Å². The van der Waals surface area contributed by atoms with Crippen LogP contribution < -0.4 is 5.32 Å². The van der Waals surface area contributed by atoms with E-state index in [2.05, 4.69) is 5.32 Å². The van der Waals surface area contributed by atoms with Crippen LogP contribution in [0.4, 0.5) is 4.79 Å². The minimum absolute atomic E-state index is 0.0243. The molecule has 1 aliphatic heterocycles. The highest BCUT2D eigenvalue weighted by atomic mass is 16.6. The average Bonchev–Trinajstić information content (AvgIpc) is 2.29. The summed E-state index contributed by atoms with van der Waals surface area (Å²) >= 11 is 0. The Bertz CT molecular complexity index is 163. The smallest absolute Gasteiger partial charge is 0.410 e. The molecule has 0 atom stereocenters. The minimum atomic E-state index is -0.182. The molecule has 76 valence electrons. The van der Waals surface area contributed by atoms with E-state index in [0.717, 1.165) is 32.6 Å². The van der Waals surface area contributed by atoms with Crippen molar-refractivity contribution < 1.29 is 9.53 Å². The van der Waals surface area contributed by atoms with E-state index in [-0.39, 0.29) is 12.2 Å². The molecule has 0 aromatic carbocycles. The third-order valence-corrected chi connectivity index (χ3v) is 1.93. The second-order valence-corrected chi connectivity index (χ2v) is 3.52. The van der Waals surface area contributed by atoms with Crippen LogP contribution in [-0.2, 0) is 4.74 Å². The van der Waals surface area contributed by atoms with Crippen LogP contribution in [0.5, 0.6) is 0 Å². The van der Waals surface area contributed by atoms with E-state index in [9.17, 15) is 4.79 Å². The fraction of sp³-hybridized carbons (Fsp3) is 0.889. The lowest BCUT2D eigenvalue weighted by Crippen LogP contribution is -2.35. The number of hydrogen-bond acceptors (Lipinski definition) is 3. The number of carbonyl (C=O) groups is 1. The first-order valence-electron chi connectivity index (χ1n) is 4.86. The van der Waals surface area contributed by atoms with E-state index in [0.29, 0.717) is 0 Å². The summed E-state index contributed by atoms with van der Waals surface area (Å²) in [5.41, 5.74) is 0. The van der Waals surface area contributed by atoms with Gasteiger partial charge >= 0.3 is 6.09 Å². The van der Waals surface area contributed by atoms with Crippen LogP contribution in [-0.4, -0.2) is 43.3 Å². The van der Waals surface area contributed by atoms with Crippen molar-refractivity contribution in [2.75, 3.05) is 26.2 Å². The van der Waals surface area contributed by atoms with E-state index in [1.54, 1.807) is 4.90 Å². The largest absolute Gasteiger partial charge is 0.447 e. The molecule has 4 heteroatoms. The molecule has 1 amide bonds. The van der Waals surface area contributed by atoms with Crippen LogP contribution in [0.3, 0.4) is 0 Å². The third kappa shape index (κ3) is 3.63. The molecule has 0 unspecified atom stereocenters. The molecule has 13 heavy (non-hydrogen) atoms. The van der Waals surface area contributed by atoms with Crippen molar-refractivity contribution in [2.24, 2.45) is 0 Å². The quantitative estimate of drug-likeness (QED) is 0.659. The van der Waals surface area contributed by atoms with Crippen LogP contribution in [0.25, 0.3) is 0 Å². The number of amides is 1. The molecule has 1 aliphatic rings. The Kier molecular flexibility index (Phi) is 4.02. The number of ether oxygens (including phenoxy) is 1.